The molecule has 2 unspecified atom stereocenters. The number of hydrogen-bond acceptors (Lipinski definition) is 6. The van der Waals surface area contributed by atoms with Crippen LogP contribution in [0.5, 0.6) is 0 Å². The van der Waals surface area contributed by atoms with Crippen LogP contribution in [0.4, 0.5) is 0 Å². The van der Waals surface area contributed by atoms with E-state index < -0.39 is 12.3 Å². The summed E-state index contributed by atoms with van der Waals surface area (Å²) in [6.45, 7) is 0.726. The molecule has 1 aromatic carbocycles. The quantitative estimate of drug-likeness (QED) is 0.688. The maximum Gasteiger partial charge on any atom is 0.287 e. The summed E-state index contributed by atoms with van der Waals surface area (Å²) in [4.78, 5) is 37.1. The second-order valence-corrected chi connectivity index (χ2v) is 6.71. The second kappa shape index (κ2) is 6.98. The minimum Gasteiger partial charge on any atom is -0.459 e. The van der Waals surface area contributed by atoms with Gasteiger partial charge in [0.1, 0.15) is 6.23 Å². The van der Waals surface area contributed by atoms with E-state index in [2.05, 4.69) is 10.6 Å². The average Bonchev–Trinajstić information content (AvgIpc) is 3.29. The van der Waals surface area contributed by atoms with Gasteiger partial charge in [0.05, 0.1) is 12.3 Å². The molecule has 0 saturated carbocycles. The smallest absolute Gasteiger partial charge is 0.287 e. The fourth-order valence-electron chi connectivity index (χ4n) is 3.58. The number of aliphatic hydroxyl groups excluding tert-OH is 1. The first-order chi connectivity index (χ1) is 13.0. The number of carbonyl (C=O) groups is 3. The highest BCUT2D eigenvalue weighted by Gasteiger charge is 2.39. The summed E-state index contributed by atoms with van der Waals surface area (Å²) in [5, 5.41) is 15.7. The van der Waals surface area contributed by atoms with Crippen molar-refractivity contribution in [1.82, 2.24) is 15.5 Å². The van der Waals surface area contributed by atoms with Gasteiger partial charge in [-0.15, -0.1) is 0 Å². The number of nitrogens with one attached hydrogen (secondary N) is 2. The minimum atomic E-state index is -0.893. The lowest BCUT2D eigenvalue weighted by Gasteiger charge is -2.31. The third-order valence-electron chi connectivity index (χ3n) is 4.96. The van der Waals surface area contributed by atoms with E-state index in [1.54, 1.807) is 23.1 Å². The van der Waals surface area contributed by atoms with Crippen LogP contribution in [0.3, 0.4) is 0 Å². The molecule has 8 heteroatoms. The van der Waals surface area contributed by atoms with Crippen LogP contribution in [-0.2, 0) is 22.7 Å². The van der Waals surface area contributed by atoms with E-state index in [1.807, 2.05) is 12.1 Å². The van der Waals surface area contributed by atoms with Crippen LogP contribution in [0.25, 0.3) is 0 Å². The molecule has 1 aromatic heterocycles. The molecule has 2 aliphatic rings. The number of piperidine rings is 1. The number of carbonyl (C=O) groups excluding carboxylic acids is 3. The van der Waals surface area contributed by atoms with Crippen molar-refractivity contribution in [2.24, 2.45) is 0 Å². The first-order valence-corrected chi connectivity index (χ1v) is 8.74. The monoisotopic (exact) mass is 369 g/mol. The SMILES string of the molecule is O=C1CCC(N2Cc3cc(CNC(=O)c4ccco4)ccc3C2O)C(=O)N1. The van der Waals surface area contributed by atoms with Crippen molar-refractivity contribution in [2.75, 3.05) is 0 Å². The Morgan fingerprint density at radius 2 is 2.19 bits per heavy atom. The van der Waals surface area contributed by atoms with Crippen LogP contribution in [0.2, 0.25) is 0 Å². The number of nitrogens with zero attached hydrogens (tertiary/aromatic N) is 1. The van der Waals surface area contributed by atoms with E-state index in [0.717, 1.165) is 16.7 Å². The molecule has 4 rings (SSSR count). The molecule has 2 aromatic rings. The lowest BCUT2D eigenvalue weighted by atomic mass is 10.0. The minimum absolute atomic E-state index is 0.246. The number of furan rings is 1. The van der Waals surface area contributed by atoms with Gasteiger partial charge in [0.25, 0.3) is 5.91 Å². The zero-order valence-electron chi connectivity index (χ0n) is 14.5. The molecule has 2 aliphatic heterocycles. The van der Waals surface area contributed by atoms with E-state index in [1.165, 1.54) is 6.26 Å². The predicted molar refractivity (Wildman–Crippen MR) is 93.0 cm³/mol. The maximum atomic E-state index is 12.1. The molecule has 0 spiro atoms. The Kier molecular flexibility index (Phi) is 4.51. The number of hydrogen-bond donors (Lipinski definition) is 3. The van der Waals surface area contributed by atoms with Gasteiger partial charge in [-0.1, -0.05) is 18.2 Å². The van der Waals surface area contributed by atoms with Gasteiger partial charge in [-0.2, -0.15) is 0 Å². The molecule has 8 nitrogen and oxygen atoms in total. The van der Waals surface area contributed by atoms with Crippen molar-refractivity contribution in [3.8, 4) is 0 Å². The number of fused-ring (bicyclic) bond motifs is 1. The molecular formula is C19H19N3O5. The largest absolute Gasteiger partial charge is 0.459 e. The standard InChI is InChI=1S/C19H19N3O5/c23-16-6-5-14(17(24)21-16)22-10-12-8-11(3-4-13(12)19(22)26)9-20-18(25)15-2-1-7-27-15/h1-4,7-8,14,19,26H,5-6,9-10H2,(H,20,25)(H,21,23,24). The summed E-state index contributed by atoms with van der Waals surface area (Å²) < 4.78 is 5.06. The maximum absolute atomic E-state index is 12.1. The third-order valence-corrected chi connectivity index (χ3v) is 4.96. The van der Waals surface area contributed by atoms with Crippen molar-refractivity contribution in [1.29, 1.82) is 0 Å². The lowest BCUT2D eigenvalue weighted by Crippen LogP contribution is -2.51. The Labute approximate surface area is 155 Å². The highest BCUT2D eigenvalue weighted by atomic mass is 16.3. The Morgan fingerprint density at radius 1 is 1.33 bits per heavy atom. The summed E-state index contributed by atoms with van der Waals surface area (Å²) in [7, 11) is 0. The molecule has 3 amide bonds. The van der Waals surface area contributed by atoms with Crippen molar-refractivity contribution >= 4 is 17.7 Å². The summed E-state index contributed by atoms with van der Waals surface area (Å²) >= 11 is 0. The van der Waals surface area contributed by atoms with Crippen LogP contribution < -0.4 is 10.6 Å². The highest BCUT2D eigenvalue weighted by Crippen LogP contribution is 2.35. The summed E-state index contributed by atoms with van der Waals surface area (Å²) in [6.07, 6.45) is 1.20. The number of amides is 3. The van der Waals surface area contributed by atoms with Gasteiger partial charge >= 0.3 is 0 Å². The number of aliphatic hydroxyl groups is 1. The first kappa shape index (κ1) is 17.4. The summed E-state index contributed by atoms with van der Waals surface area (Å²) in [6, 6.07) is 8.25. The number of imide groups is 1. The fraction of sp³-hybridized carbons (Fsp3) is 0.316. The fourth-order valence-corrected chi connectivity index (χ4v) is 3.58. The van der Waals surface area contributed by atoms with Crippen molar-refractivity contribution in [3.05, 3.63) is 59.0 Å². The second-order valence-electron chi connectivity index (χ2n) is 6.71. The van der Waals surface area contributed by atoms with E-state index in [-0.39, 0.29) is 29.9 Å². The average molecular weight is 369 g/mol. The molecule has 0 bridgehead atoms. The summed E-state index contributed by atoms with van der Waals surface area (Å²) in [5.74, 6) is -0.706. The molecule has 3 heterocycles. The van der Waals surface area contributed by atoms with Gasteiger partial charge in [-0.3, -0.25) is 24.6 Å². The molecule has 1 saturated heterocycles. The highest BCUT2D eigenvalue weighted by molar-refractivity contribution is 6.00. The van der Waals surface area contributed by atoms with Crippen LogP contribution in [0, 0.1) is 0 Å². The van der Waals surface area contributed by atoms with Gasteiger partial charge in [0.2, 0.25) is 11.8 Å². The van der Waals surface area contributed by atoms with Crippen LogP contribution >= 0.6 is 0 Å². The molecule has 2 atom stereocenters. The van der Waals surface area contributed by atoms with Crippen LogP contribution in [0.15, 0.2) is 41.0 Å². The third kappa shape index (κ3) is 3.36. The normalized spacial score (nSPS) is 22.4. The molecular weight excluding hydrogens is 350 g/mol. The molecule has 27 heavy (non-hydrogen) atoms. The Morgan fingerprint density at radius 3 is 2.93 bits per heavy atom. The van der Waals surface area contributed by atoms with Gasteiger partial charge in [0, 0.05) is 19.5 Å². The van der Waals surface area contributed by atoms with E-state index in [4.69, 9.17) is 4.42 Å². The summed E-state index contributed by atoms with van der Waals surface area (Å²) in [5.41, 5.74) is 2.52. The van der Waals surface area contributed by atoms with E-state index in [9.17, 15) is 19.5 Å². The predicted octanol–water partition coefficient (Wildman–Crippen LogP) is 0.821. The molecule has 3 N–H and O–H groups in total. The molecule has 0 radical (unpaired) electrons. The first-order valence-electron chi connectivity index (χ1n) is 8.74. The van der Waals surface area contributed by atoms with Gasteiger partial charge in [-0.05, 0) is 35.2 Å². The van der Waals surface area contributed by atoms with Crippen LogP contribution in [-0.4, -0.2) is 33.8 Å². The zero-order valence-corrected chi connectivity index (χ0v) is 14.5. The van der Waals surface area contributed by atoms with Crippen molar-refractivity contribution in [3.63, 3.8) is 0 Å². The Bertz CT molecular complexity index is 893. The Hall–Kier alpha value is -2.97. The van der Waals surface area contributed by atoms with Crippen molar-refractivity contribution in [2.45, 2.75) is 38.2 Å². The van der Waals surface area contributed by atoms with Crippen LogP contribution in [0.1, 0.15) is 46.3 Å². The Balaban J connectivity index is 1.44. The lowest BCUT2D eigenvalue weighted by molar-refractivity contribution is -0.141. The van der Waals surface area contributed by atoms with Gasteiger partial charge < -0.3 is 14.8 Å². The molecule has 140 valence electrons. The van der Waals surface area contributed by atoms with E-state index >= 15 is 0 Å². The zero-order chi connectivity index (χ0) is 19.0. The van der Waals surface area contributed by atoms with Gasteiger partial charge in [-0.25, -0.2) is 0 Å². The number of benzene rings is 1. The molecule has 0 aliphatic carbocycles. The van der Waals surface area contributed by atoms with E-state index in [0.29, 0.717) is 19.5 Å². The number of rotatable bonds is 4. The topological polar surface area (TPSA) is 112 Å². The van der Waals surface area contributed by atoms with Gasteiger partial charge in [0.15, 0.2) is 5.76 Å². The molecule has 1 fully saturated rings. The van der Waals surface area contributed by atoms with Crippen molar-refractivity contribution < 1.29 is 23.9 Å².